The van der Waals surface area contributed by atoms with Crippen LogP contribution >= 0.6 is 11.3 Å². The molecule has 0 aliphatic rings. The number of benzene rings is 1. The number of ether oxygens (including phenoxy) is 1. The Morgan fingerprint density at radius 3 is 2.74 bits per heavy atom. The second-order valence-electron chi connectivity index (χ2n) is 3.93. The van der Waals surface area contributed by atoms with Gasteiger partial charge in [0.25, 0.3) is 0 Å². The Hall–Kier alpha value is -1.95. The van der Waals surface area contributed by atoms with Crippen LogP contribution in [-0.4, -0.2) is 23.6 Å². The van der Waals surface area contributed by atoms with Crippen molar-refractivity contribution in [1.82, 2.24) is 4.57 Å². The molecule has 0 N–H and O–H groups in total. The van der Waals surface area contributed by atoms with Crippen molar-refractivity contribution in [2.45, 2.75) is 20.4 Å². The first-order valence-corrected chi connectivity index (χ1v) is 6.65. The number of hydrogen-bond acceptors (Lipinski definition) is 4. The molecule has 0 saturated carbocycles. The zero-order chi connectivity index (χ0) is 14.0. The molecule has 2 rings (SSSR count). The van der Waals surface area contributed by atoms with Crippen molar-refractivity contribution in [2.75, 3.05) is 7.11 Å². The summed E-state index contributed by atoms with van der Waals surface area (Å²) in [6.07, 6.45) is 0. The summed E-state index contributed by atoms with van der Waals surface area (Å²) in [6.45, 7) is 4.12. The van der Waals surface area contributed by atoms with Crippen LogP contribution in [0.2, 0.25) is 0 Å². The molecule has 0 bridgehead atoms. The van der Waals surface area contributed by atoms with Crippen molar-refractivity contribution in [1.29, 1.82) is 0 Å². The van der Waals surface area contributed by atoms with Crippen molar-refractivity contribution in [3.8, 4) is 0 Å². The van der Waals surface area contributed by atoms with E-state index in [1.54, 1.807) is 12.1 Å². The van der Waals surface area contributed by atoms with Crippen LogP contribution < -0.4 is 4.80 Å². The number of aryl methyl sites for hydroxylation is 1. The van der Waals surface area contributed by atoms with Gasteiger partial charge in [-0.05, 0) is 25.1 Å². The number of amides is 1. The average molecular weight is 278 g/mol. The summed E-state index contributed by atoms with van der Waals surface area (Å²) in [5, 5.41) is 0. The van der Waals surface area contributed by atoms with Crippen LogP contribution in [0.5, 0.6) is 0 Å². The fraction of sp³-hybridized carbons (Fsp3) is 0.308. The minimum atomic E-state index is -0.372. The topological polar surface area (TPSA) is 60.7 Å². The van der Waals surface area contributed by atoms with E-state index in [1.807, 2.05) is 17.6 Å². The molecule has 0 saturated heterocycles. The van der Waals surface area contributed by atoms with E-state index >= 15 is 0 Å². The molecule has 0 spiro atoms. The smallest absolute Gasteiger partial charge is 0.337 e. The first kappa shape index (κ1) is 13.5. The summed E-state index contributed by atoms with van der Waals surface area (Å²) >= 11 is 1.39. The summed E-state index contributed by atoms with van der Waals surface area (Å²) in [5.74, 6) is -0.606. The fourth-order valence-corrected chi connectivity index (χ4v) is 3.02. The molecule has 19 heavy (non-hydrogen) atoms. The lowest BCUT2D eigenvalue weighted by Gasteiger charge is -2.01. The molecule has 5 nitrogen and oxygen atoms in total. The highest BCUT2D eigenvalue weighted by atomic mass is 32.1. The van der Waals surface area contributed by atoms with Crippen molar-refractivity contribution in [3.63, 3.8) is 0 Å². The standard InChI is InChI=1S/C13H14N2O3S/c1-4-15-10-6-5-9(12(17)18-3)7-11(10)19-13(15)14-8(2)16/h5-7H,4H2,1-3H3. The van der Waals surface area contributed by atoms with Gasteiger partial charge in [0.15, 0.2) is 4.80 Å². The Labute approximate surface area is 114 Å². The second kappa shape index (κ2) is 5.36. The van der Waals surface area contributed by atoms with E-state index in [0.29, 0.717) is 16.9 Å². The number of carbonyl (C=O) groups excluding carboxylic acids is 2. The van der Waals surface area contributed by atoms with Crippen LogP contribution in [0.25, 0.3) is 10.2 Å². The summed E-state index contributed by atoms with van der Waals surface area (Å²) in [7, 11) is 1.35. The third-order valence-corrected chi connectivity index (χ3v) is 3.71. The molecule has 1 heterocycles. The van der Waals surface area contributed by atoms with E-state index in [2.05, 4.69) is 4.99 Å². The van der Waals surface area contributed by atoms with Gasteiger partial charge in [-0.2, -0.15) is 4.99 Å². The second-order valence-corrected chi connectivity index (χ2v) is 4.94. The van der Waals surface area contributed by atoms with Crippen LogP contribution in [0, 0.1) is 0 Å². The SMILES string of the molecule is CCn1c(=NC(C)=O)sc2cc(C(=O)OC)ccc21. The average Bonchev–Trinajstić information content (AvgIpc) is 2.72. The molecule has 0 unspecified atom stereocenters. The van der Waals surface area contributed by atoms with Crippen LogP contribution in [0.4, 0.5) is 0 Å². The molecule has 1 aromatic carbocycles. The first-order valence-electron chi connectivity index (χ1n) is 5.83. The van der Waals surface area contributed by atoms with Gasteiger partial charge in [-0.25, -0.2) is 4.79 Å². The lowest BCUT2D eigenvalue weighted by Crippen LogP contribution is -2.14. The highest BCUT2D eigenvalue weighted by Crippen LogP contribution is 2.19. The molecule has 0 aliphatic heterocycles. The number of methoxy groups -OCH3 is 1. The van der Waals surface area contributed by atoms with E-state index in [-0.39, 0.29) is 11.9 Å². The number of nitrogens with zero attached hydrogens (tertiary/aromatic N) is 2. The first-order chi connectivity index (χ1) is 9.06. The van der Waals surface area contributed by atoms with Gasteiger partial charge in [-0.1, -0.05) is 11.3 Å². The van der Waals surface area contributed by atoms with E-state index in [0.717, 1.165) is 10.2 Å². The molecular weight excluding hydrogens is 264 g/mol. The van der Waals surface area contributed by atoms with Crippen molar-refractivity contribution in [3.05, 3.63) is 28.6 Å². The highest BCUT2D eigenvalue weighted by Gasteiger charge is 2.10. The van der Waals surface area contributed by atoms with E-state index in [9.17, 15) is 9.59 Å². The maximum Gasteiger partial charge on any atom is 0.337 e. The van der Waals surface area contributed by atoms with Gasteiger partial charge in [0.05, 0.1) is 22.9 Å². The fourth-order valence-electron chi connectivity index (χ4n) is 1.84. The van der Waals surface area contributed by atoms with Crippen LogP contribution in [0.15, 0.2) is 23.2 Å². The van der Waals surface area contributed by atoms with E-state index in [4.69, 9.17) is 4.74 Å². The Kier molecular flexibility index (Phi) is 3.80. The summed E-state index contributed by atoms with van der Waals surface area (Å²) in [4.78, 5) is 27.3. The molecule has 0 fully saturated rings. The number of rotatable bonds is 2. The molecule has 0 atom stereocenters. The number of esters is 1. The van der Waals surface area contributed by atoms with Gasteiger partial charge < -0.3 is 9.30 Å². The molecule has 0 aliphatic carbocycles. The normalized spacial score (nSPS) is 11.8. The molecule has 100 valence electrons. The van der Waals surface area contributed by atoms with E-state index < -0.39 is 0 Å². The molecular formula is C13H14N2O3S. The maximum absolute atomic E-state index is 11.5. The highest BCUT2D eigenvalue weighted by molar-refractivity contribution is 7.16. The maximum atomic E-state index is 11.5. The molecule has 1 amide bonds. The number of hydrogen-bond donors (Lipinski definition) is 0. The van der Waals surface area contributed by atoms with Crippen LogP contribution in [-0.2, 0) is 16.1 Å². The van der Waals surface area contributed by atoms with Gasteiger partial charge in [-0.15, -0.1) is 0 Å². The molecule has 2 aromatic rings. The third-order valence-electron chi connectivity index (χ3n) is 2.67. The minimum Gasteiger partial charge on any atom is -0.465 e. The monoisotopic (exact) mass is 278 g/mol. The minimum absolute atomic E-state index is 0.234. The number of thiazole rings is 1. The van der Waals surface area contributed by atoms with Crippen molar-refractivity contribution < 1.29 is 14.3 Å². The van der Waals surface area contributed by atoms with Gasteiger partial charge in [0.2, 0.25) is 5.91 Å². The van der Waals surface area contributed by atoms with Gasteiger partial charge in [0, 0.05) is 13.5 Å². The van der Waals surface area contributed by atoms with Crippen LogP contribution in [0.1, 0.15) is 24.2 Å². The predicted octanol–water partition coefficient (Wildman–Crippen LogP) is 1.96. The summed E-state index contributed by atoms with van der Waals surface area (Å²) in [5.41, 5.74) is 1.45. The number of carbonyl (C=O) groups is 2. The van der Waals surface area contributed by atoms with Gasteiger partial charge in [-0.3, -0.25) is 4.79 Å². The molecule has 1 aromatic heterocycles. The Bertz CT molecular complexity index is 712. The quantitative estimate of drug-likeness (QED) is 0.789. The van der Waals surface area contributed by atoms with Gasteiger partial charge >= 0.3 is 5.97 Å². The lowest BCUT2D eigenvalue weighted by atomic mass is 10.2. The third kappa shape index (κ3) is 2.58. The van der Waals surface area contributed by atoms with E-state index in [1.165, 1.54) is 25.4 Å². The molecule has 0 radical (unpaired) electrons. The summed E-state index contributed by atoms with van der Waals surface area (Å²) in [6, 6.07) is 5.32. The largest absolute Gasteiger partial charge is 0.465 e. The molecule has 6 heteroatoms. The van der Waals surface area contributed by atoms with Crippen molar-refractivity contribution >= 4 is 33.4 Å². The van der Waals surface area contributed by atoms with Crippen LogP contribution in [0.3, 0.4) is 0 Å². The van der Waals surface area contributed by atoms with Gasteiger partial charge in [0.1, 0.15) is 0 Å². The lowest BCUT2D eigenvalue weighted by molar-refractivity contribution is -0.116. The number of fused-ring (bicyclic) bond motifs is 1. The Balaban J connectivity index is 2.69. The van der Waals surface area contributed by atoms with Crippen molar-refractivity contribution in [2.24, 2.45) is 4.99 Å². The Morgan fingerprint density at radius 2 is 2.16 bits per heavy atom. The number of aromatic nitrogens is 1. The zero-order valence-electron chi connectivity index (χ0n) is 11.0. The predicted molar refractivity (Wildman–Crippen MR) is 73.1 cm³/mol. The Morgan fingerprint density at radius 1 is 1.42 bits per heavy atom. The zero-order valence-corrected chi connectivity index (χ0v) is 11.8. The summed E-state index contributed by atoms with van der Waals surface area (Å²) < 4.78 is 7.55.